The summed E-state index contributed by atoms with van der Waals surface area (Å²) in [6.07, 6.45) is 8.15. The van der Waals surface area contributed by atoms with Crippen molar-refractivity contribution in [2.75, 3.05) is 0 Å². The van der Waals surface area contributed by atoms with E-state index in [9.17, 15) is 0 Å². The minimum absolute atomic E-state index is 0.918. The molecule has 0 radical (unpaired) electrons. The van der Waals surface area contributed by atoms with Gasteiger partial charge >= 0.3 is 0 Å². The van der Waals surface area contributed by atoms with Gasteiger partial charge in [-0.2, -0.15) is 0 Å². The molecule has 0 aliphatic heterocycles. The van der Waals surface area contributed by atoms with Gasteiger partial charge < -0.3 is 0 Å². The lowest BCUT2D eigenvalue weighted by Gasteiger charge is -2.19. The van der Waals surface area contributed by atoms with Crippen LogP contribution in [0.3, 0.4) is 0 Å². The van der Waals surface area contributed by atoms with Gasteiger partial charge in [-0.25, -0.2) is 4.98 Å². The number of benzene rings is 4. The molecule has 0 saturated carbocycles. The second-order valence-electron chi connectivity index (χ2n) is 8.61. The van der Waals surface area contributed by atoms with Gasteiger partial charge in [-0.3, -0.25) is 4.57 Å². The van der Waals surface area contributed by atoms with Crippen molar-refractivity contribution in [2.45, 2.75) is 13.8 Å². The quantitative estimate of drug-likeness (QED) is 0.235. The third kappa shape index (κ3) is 4.39. The lowest BCUT2D eigenvalue weighted by atomic mass is 9.95. The first-order valence-electron chi connectivity index (χ1n) is 11.9. The molecule has 0 aliphatic rings. The fourth-order valence-corrected chi connectivity index (χ4v) is 4.46. The Hall–Kier alpha value is -4.43. The van der Waals surface area contributed by atoms with E-state index in [-0.39, 0.29) is 0 Å². The molecule has 5 rings (SSSR count). The molecule has 1 heterocycles. The topological polar surface area (TPSA) is 17.8 Å². The highest BCUT2D eigenvalue weighted by molar-refractivity contribution is 5.92. The second-order valence-corrected chi connectivity index (χ2v) is 8.61. The average molecular weight is 453 g/mol. The number of nitrogens with zero attached hydrogens (tertiary/aromatic N) is 2. The zero-order valence-corrected chi connectivity index (χ0v) is 20.1. The number of para-hydroxylation sites is 1. The van der Waals surface area contributed by atoms with E-state index in [1.807, 2.05) is 31.2 Å². The molecular formula is C33H28N2. The summed E-state index contributed by atoms with van der Waals surface area (Å²) in [6, 6.07) is 33.9. The number of imidazole rings is 1. The Labute approximate surface area is 207 Å². The minimum Gasteiger partial charge on any atom is -0.291 e. The maximum absolute atomic E-state index is 5.13. The highest BCUT2D eigenvalue weighted by atomic mass is 15.1. The number of fused-ring (bicyclic) bond motifs is 1. The molecule has 35 heavy (non-hydrogen) atoms. The Bertz CT molecular complexity index is 1550. The van der Waals surface area contributed by atoms with Crippen LogP contribution in [0.2, 0.25) is 0 Å². The van der Waals surface area contributed by atoms with Crippen LogP contribution in [0.25, 0.3) is 44.8 Å². The summed E-state index contributed by atoms with van der Waals surface area (Å²) in [4.78, 5) is 5.13. The molecule has 0 fully saturated rings. The number of hydrogen-bond acceptors (Lipinski definition) is 1. The van der Waals surface area contributed by atoms with Gasteiger partial charge in [0.05, 0.1) is 16.7 Å². The van der Waals surface area contributed by atoms with Crippen LogP contribution in [-0.4, -0.2) is 9.55 Å². The van der Waals surface area contributed by atoms with E-state index in [4.69, 9.17) is 4.98 Å². The minimum atomic E-state index is 0.918. The van der Waals surface area contributed by atoms with E-state index in [1.165, 1.54) is 5.56 Å². The van der Waals surface area contributed by atoms with Crippen molar-refractivity contribution in [3.63, 3.8) is 0 Å². The van der Waals surface area contributed by atoms with Crippen LogP contribution in [0.4, 0.5) is 0 Å². The predicted octanol–water partition coefficient (Wildman–Crippen LogP) is 8.81. The van der Waals surface area contributed by atoms with Crippen LogP contribution >= 0.6 is 0 Å². The van der Waals surface area contributed by atoms with Gasteiger partial charge in [-0.05, 0) is 42.7 Å². The van der Waals surface area contributed by atoms with E-state index in [1.54, 1.807) is 0 Å². The van der Waals surface area contributed by atoms with E-state index in [2.05, 4.69) is 115 Å². The fourth-order valence-electron chi connectivity index (χ4n) is 4.46. The zero-order chi connectivity index (χ0) is 24.2. The highest BCUT2D eigenvalue weighted by Crippen LogP contribution is 2.38. The van der Waals surface area contributed by atoms with Crippen molar-refractivity contribution < 1.29 is 0 Å². The molecule has 2 heteroatoms. The van der Waals surface area contributed by atoms with Crippen LogP contribution in [0.1, 0.15) is 18.1 Å². The van der Waals surface area contributed by atoms with E-state index in [0.717, 1.165) is 50.4 Å². The standard InChI is InChI=1S/C33H28N2/c1-4-5-8-14-25(3)28-19-13-20-29(26-15-9-6-10-16-26)32(28)35-31-22-21-24(2)23-30(31)34-33(35)27-17-11-7-12-18-27/h4-23H,3H2,1-2H3. The first-order valence-corrected chi connectivity index (χ1v) is 11.9. The largest absolute Gasteiger partial charge is 0.291 e. The average Bonchev–Trinajstić information content (AvgIpc) is 3.27. The summed E-state index contributed by atoms with van der Waals surface area (Å²) in [5.74, 6) is 0.918. The second kappa shape index (κ2) is 9.82. The van der Waals surface area contributed by atoms with Crippen molar-refractivity contribution >= 4 is 16.6 Å². The number of rotatable bonds is 6. The normalized spacial score (nSPS) is 11.6. The molecule has 0 aliphatic carbocycles. The fraction of sp³-hybridized carbons (Fsp3) is 0.0606. The molecule has 0 amide bonds. The molecule has 1 aromatic heterocycles. The molecule has 0 unspecified atom stereocenters. The van der Waals surface area contributed by atoms with Gasteiger partial charge in [-0.15, -0.1) is 0 Å². The third-order valence-corrected chi connectivity index (χ3v) is 6.13. The van der Waals surface area contributed by atoms with Gasteiger partial charge in [0.15, 0.2) is 0 Å². The summed E-state index contributed by atoms with van der Waals surface area (Å²) in [6.45, 7) is 8.57. The summed E-state index contributed by atoms with van der Waals surface area (Å²) < 4.78 is 2.30. The van der Waals surface area contributed by atoms with Crippen molar-refractivity contribution in [1.82, 2.24) is 9.55 Å². The molecular weight excluding hydrogens is 424 g/mol. The monoisotopic (exact) mass is 452 g/mol. The molecule has 2 nitrogen and oxygen atoms in total. The van der Waals surface area contributed by atoms with Gasteiger partial charge in [-0.1, -0.05) is 116 Å². The molecule has 0 atom stereocenters. The van der Waals surface area contributed by atoms with Crippen LogP contribution < -0.4 is 0 Å². The van der Waals surface area contributed by atoms with Crippen molar-refractivity contribution in [1.29, 1.82) is 0 Å². The molecule has 0 spiro atoms. The Balaban J connectivity index is 1.89. The number of allylic oxidation sites excluding steroid dienone is 5. The van der Waals surface area contributed by atoms with E-state index >= 15 is 0 Å². The molecule has 0 bridgehead atoms. The molecule has 0 N–H and O–H groups in total. The smallest absolute Gasteiger partial charge is 0.145 e. The van der Waals surface area contributed by atoms with Crippen LogP contribution in [0.15, 0.2) is 128 Å². The number of aromatic nitrogens is 2. The lowest BCUT2D eigenvalue weighted by Crippen LogP contribution is -2.04. The zero-order valence-electron chi connectivity index (χ0n) is 20.1. The maximum atomic E-state index is 5.13. The maximum Gasteiger partial charge on any atom is 0.145 e. The summed E-state index contributed by atoms with van der Waals surface area (Å²) in [5, 5.41) is 0. The van der Waals surface area contributed by atoms with Crippen molar-refractivity contribution in [2.24, 2.45) is 0 Å². The van der Waals surface area contributed by atoms with Gasteiger partial charge in [0.25, 0.3) is 0 Å². The summed E-state index contributed by atoms with van der Waals surface area (Å²) in [5.41, 5.74) is 9.72. The van der Waals surface area contributed by atoms with Crippen LogP contribution in [0, 0.1) is 6.92 Å². The van der Waals surface area contributed by atoms with Crippen molar-refractivity contribution in [3.8, 4) is 28.2 Å². The van der Waals surface area contributed by atoms with Gasteiger partial charge in [0, 0.05) is 16.7 Å². The first kappa shape index (κ1) is 22.4. The highest BCUT2D eigenvalue weighted by Gasteiger charge is 2.21. The van der Waals surface area contributed by atoms with Gasteiger partial charge in [0.2, 0.25) is 0 Å². The molecule has 5 aromatic rings. The van der Waals surface area contributed by atoms with Crippen molar-refractivity contribution in [3.05, 3.63) is 139 Å². The van der Waals surface area contributed by atoms with E-state index in [0.29, 0.717) is 0 Å². The Morgan fingerprint density at radius 3 is 2.23 bits per heavy atom. The van der Waals surface area contributed by atoms with Crippen LogP contribution in [0.5, 0.6) is 0 Å². The number of hydrogen-bond donors (Lipinski definition) is 0. The Morgan fingerprint density at radius 1 is 0.800 bits per heavy atom. The first-order chi connectivity index (χ1) is 17.2. The molecule has 0 saturated heterocycles. The van der Waals surface area contributed by atoms with Crippen LogP contribution in [-0.2, 0) is 0 Å². The third-order valence-electron chi connectivity index (χ3n) is 6.13. The summed E-state index contributed by atoms with van der Waals surface area (Å²) in [7, 11) is 0. The predicted molar refractivity (Wildman–Crippen MR) is 150 cm³/mol. The number of aryl methyl sites for hydroxylation is 1. The SMILES string of the molecule is C=C(C=CC=CC)c1cccc(-c2ccccc2)c1-n1c(-c2ccccc2)nc2cc(C)ccc21. The Kier molecular flexibility index (Phi) is 6.28. The Morgan fingerprint density at radius 2 is 1.51 bits per heavy atom. The molecule has 4 aromatic carbocycles. The van der Waals surface area contributed by atoms with E-state index < -0.39 is 0 Å². The molecule has 170 valence electrons. The van der Waals surface area contributed by atoms with Gasteiger partial charge in [0.1, 0.15) is 5.82 Å². The summed E-state index contributed by atoms with van der Waals surface area (Å²) >= 11 is 0. The lowest BCUT2D eigenvalue weighted by molar-refractivity contribution is 1.10.